The van der Waals surface area contributed by atoms with E-state index in [2.05, 4.69) is 20.8 Å². The molecule has 2 aromatic rings. The number of carbonyl (C=O) groups excluding carboxylic acids is 1. The molecule has 0 aliphatic rings. The zero-order chi connectivity index (χ0) is 21.2. The molecule has 7 nitrogen and oxygen atoms in total. The number of rotatable bonds is 10. The number of aromatic nitrogens is 1. The molecule has 0 aliphatic heterocycles. The summed E-state index contributed by atoms with van der Waals surface area (Å²) in [6.45, 7) is 7.45. The Hall–Kier alpha value is -2.90. The van der Waals surface area contributed by atoms with Crippen molar-refractivity contribution in [2.24, 2.45) is 16.6 Å². The summed E-state index contributed by atoms with van der Waals surface area (Å²) in [7, 11) is 0. The fourth-order valence-electron chi connectivity index (χ4n) is 3.01. The van der Waals surface area contributed by atoms with E-state index in [4.69, 9.17) is 10.3 Å². The van der Waals surface area contributed by atoms with Crippen LogP contribution in [0.3, 0.4) is 0 Å². The van der Waals surface area contributed by atoms with Crippen LogP contribution in [0.25, 0.3) is 0 Å². The molecule has 1 atom stereocenters. The van der Waals surface area contributed by atoms with E-state index in [0.717, 1.165) is 35.4 Å². The summed E-state index contributed by atoms with van der Waals surface area (Å²) < 4.78 is 18.5. The maximum atomic E-state index is 13.1. The van der Waals surface area contributed by atoms with E-state index in [0.29, 0.717) is 32.0 Å². The number of amides is 1. The second-order valence-corrected chi connectivity index (χ2v) is 6.74. The van der Waals surface area contributed by atoms with E-state index in [9.17, 15) is 9.18 Å². The molecule has 0 saturated carbocycles. The smallest absolute Gasteiger partial charge is 0.222 e. The van der Waals surface area contributed by atoms with Crippen molar-refractivity contribution in [2.45, 2.75) is 46.6 Å². The number of carbonyl (C=O) groups is 1. The number of nitrogens with two attached hydrogens (primary N) is 1. The van der Waals surface area contributed by atoms with Crippen molar-refractivity contribution in [1.82, 2.24) is 15.8 Å². The minimum Gasteiger partial charge on any atom is -0.369 e. The first kappa shape index (κ1) is 22.4. The molecule has 0 radical (unpaired) electrons. The minimum atomic E-state index is -0.447. The molecule has 8 heteroatoms. The summed E-state index contributed by atoms with van der Waals surface area (Å²) in [5.74, 6) is 0.252. The van der Waals surface area contributed by atoms with Gasteiger partial charge in [0, 0.05) is 25.1 Å². The Bertz CT molecular complexity index is 795. The van der Waals surface area contributed by atoms with Gasteiger partial charge in [0.05, 0.1) is 18.2 Å². The average molecular weight is 404 g/mol. The maximum absolute atomic E-state index is 13.1. The normalized spacial score (nSPS) is 12.6. The van der Waals surface area contributed by atoms with Gasteiger partial charge in [-0.1, -0.05) is 31.1 Å². The van der Waals surface area contributed by atoms with Crippen molar-refractivity contribution in [2.75, 3.05) is 13.1 Å². The fourth-order valence-corrected chi connectivity index (χ4v) is 3.01. The molecule has 1 amide bonds. The number of hydrogen-bond acceptors (Lipinski definition) is 4. The number of nitrogens with one attached hydrogen (secondary N) is 2. The van der Waals surface area contributed by atoms with Gasteiger partial charge in [-0.2, -0.15) is 0 Å². The number of benzene rings is 1. The number of aliphatic imine (C=N–C) groups is 1. The Morgan fingerprint density at radius 3 is 2.52 bits per heavy atom. The molecule has 4 N–H and O–H groups in total. The summed E-state index contributed by atoms with van der Waals surface area (Å²) in [4.78, 5) is 16.5. The highest BCUT2D eigenvalue weighted by atomic mass is 19.1. The molecule has 2 rings (SSSR count). The molecule has 0 fully saturated rings. The molecular formula is C21H30FN5O2. The topological polar surface area (TPSA) is 106 Å². The van der Waals surface area contributed by atoms with E-state index in [-0.39, 0.29) is 5.82 Å². The molecule has 0 aliphatic carbocycles. The van der Waals surface area contributed by atoms with Crippen molar-refractivity contribution in [3.05, 3.63) is 52.7 Å². The molecule has 1 unspecified atom stereocenters. The summed E-state index contributed by atoms with van der Waals surface area (Å²) in [5.41, 5.74) is 8.33. The van der Waals surface area contributed by atoms with Gasteiger partial charge in [0.2, 0.25) is 5.91 Å². The van der Waals surface area contributed by atoms with Gasteiger partial charge >= 0.3 is 0 Å². The molecule has 1 aromatic carbocycles. The molecule has 1 heterocycles. The summed E-state index contributed by atoms with van der Waals surface area (Å²) >= 11 is 0. The highest BCUT2D eigenvalue weighted by Crippen LogP contribution is 2.17. The Morgan fingerprint density at radius 1 is 1.21 bits per heavy atom. The van der Waals surface area contributed by atoms with Crippen molar-refractivity contribution >= 4 is 11.9 Å². The van der Waals surface area contributed by atoms with E-state index in [1.165, 1.54) is 12.1 Å². The number of aryl methyl sites for hydroxylation is 2. The fraction of sp³-hybridized carbons (Fsp3) is 0.476. The SMILES string of the molecule is CCNC(=NCc1c(CC)noc1CC)NCC(Cc1ccc(F)cc1)C(N)=O. The molecule has 158 valence electrons. The molecule has 1 aromatic heterocycles. The van der Waals surface area contributed by atoms with Gasteiger partial charge in [-0.15, -0.1) is 0 Å². The van der Waals surface area contributed by atoms with Gasteiger partial charge in [0.1, 0.15) is 11.6 Å². The third-order valence-electron chi connectivity index (χ3n) is 4.66. The Morgan fingerprint density at radius 2 is 1.93 bits per heavy atom. The van der Waals surface area contributed by atoms with Crippen LogP contribution in [0.4, 0.5) is 4.39 Å². The first-order valence-electron chi connectivity index (χ1n) is 10.0. The molecular weight excluding hydrogens is 373 g/mol. The Labute approximate surface area is 170 Å². The maximum Gasteiger partial charge on any atom is 0.222 e. The lowest BCUT2D eigenvalue weighted by Crippen LogP contribution is -2.43. The Kier molecular flexibility index (Phi) is 8.64. The van der Waals surface area contributed by atoms with E-state index < -0.39 is 11.8 Å². The first-order chi connectivity index (χ1) is 14.0. The summed E-state index contributed by atoms with van der Waals surface area (Å²) in [5, 5.41) is 10.5. The van der Waals surface area contributed by atoms with Crippen LogP contribution in [0.15, 0.2) is 33.8 Å². The van der Waals surface area contributed by atoms with Gasteiger partial charge in [0.25, 0.3) is 0 Å². The minimum absolute atomic E-state index is 0.310. The largest absolute Gasteiger partial charge is 0.369 e. The van der Waals surface area contributed by atoms with E-state index in [1.54, 1.807) is 12.1 Å². The van der Waals surface area contributed by atoms with Crippen LogP contribution < -0.4 is 16.4 Å². The van der Waals surface area contributed by atoms with Gasteiger partial charge in [-0.05, 0) is 37.5 Å². The second-order valence-electron chi connectivity index (χ2n) is 6.74. The quantitative estimate of drug-likeness (QED) is 0.417. The van der Waals surface area contributed by atoms with E-state index >= 15 is 0 Å². The van der Waals surface area contributed by atoms with Crippen molar-refractivity contribution < 1.29 is 13.7 Å². The molecule has 0 spiro atoms. The lowest BCUT2D eigenvalue weighted by Gasteiger charge is -2.17. The standard InChI is InChI=1S/C21H30FN5O2/c1-4-18-17(19(5-2)29-27-18)13-26-21(24-6-3)25-12-15(20(23)28)11-14-7-9-16(22)10-8-14/h7-10,15H,4-6,11-13H2,1-3H3,(H2,23,28)(H2,24,25,26). The van der Waals surface area contributed by atoms with Crippen LogP contribution in [-0.2, 0) is 30.6 Å². The van der Waals surface area contributed by atoms with Crippen molar-refractivity contribution in [3.8, 4) is 0 Å². The monoisotopic (exact) mass is 403 g/mol. The van der Waals surface area contributed by atoms with Gasteiger partial charge < -0.3 is 20.9 Å². The number of guanidine groups is 1. The van der Waals surface area contributed by atoms with Crippen LogP contribution in [0.1, 0.15) is 43.4 Å². The highest BCUT2D eigenvalue weighted by Gasteiger charge is 2.17. The van der Waals surface area contributed by atoms with Crippen LogP contribution in [-0.4, -0.2) is 30.1 Å². The van der Waals surface area contributed by atoms with Gasteiger partial charge in [-0.3, -0.25) is 4.79 Å². The van der Waals surface area contributed by atoms with Crippen molar-refractivity contribution in [3.63, 3.8) is 0 Å². The van der Waals surface area contributed by atoms with Crippen LogP contribution in [0.5, 0.6) is 0 Å². The molecule has 0 bridgehead atoms. The van der Waals surface area contributed by atoms with Gasteiger partial charge in [-0.25, -0.2) is 9.38 Å². The van der Waals surface area contributed by atoms with E-state index in [1.807, 2.05) is 20.8 Å². The van der Waals surface area contributed by atoms with Crippen LogP contribution in [0.2, 0.25) is 0 Å². The zero-order valence-corrected chi connectivity index (χ0v) is 17.3. The number of nitrogens with zero attached hydrogens (tertiary/aromatic N) is 2. The lowest BCUT2D eigenvalue weighted by molar-refractivity contribution is -0.121. The third-order valence-corrected chi connectivity index (χ3v) is 4.66. The predicted molar refractivity (Wildman–Crippen MR) is 111 cm³/mol. The predicted octanol–water partition coefficient (Wildman–Crippen LogP) is 2.34. The lowest BCUT2D eigenvalue weighted by atomic mass is 9.98. The van der Waals surface area contributed by atoms with Crippen molar-refractivity contribution in [1.29, 1.82) is 0 Å². The number of halogens is 1. The van der Waals surface area contributed by atoms with Crippen LogP contribution in [0, 0.1) is 11.7 Å². The highest BCUT2D eigenvalue weighted by molar-refractivity contribution is 5.81. The molecule has 0 saturated heterocycles. The first-order valence-corrected chi connectivity index (χ1v) is 10.0. The average Bonchev–Trinajstić information content (AvgIpc) is 3.12. The second kappa shape index (κ2) is 11.2. The number of primary amides is 1. The van der Waals surface area contributed by atoms with Gasteiger partial charge in [0.15, 0.2) is 5.96 Å². The van der Waals surface area contributed by atoms with Crippen LogP contribution >= 0.6 is 0 Å². The molecule has 29 heavy (non-hydrogen) atoms. The number of hydrogen-bond donors (Lipinski definition) is 3. The zero-order valence-electron chi connectivity index (χ0n) is 17.3. The third kappa shape index (κ3) is 6.58. The Balaban J connectivity index is 2.06. The summed E-state index contributed by atoms with van der Waals surface area (Å²) in [6, 6.07) is 6.08. The summed E-state index contributed by atoms with van der Waals surface area (Å²) in [6.07, 6.45) is 1.95.